The number of halogens is 1. The predicted molar refractivity (Wildman–Crippen MR) is 83.5 cm³/mol. The summed E-state index contributed by atoms with van der Waals surface area (Å²) in [6.45, 7) is 12.7. The summed E-state index contributed by atoms with van der Waals surface area (Å²) in [7, 11) is 1.88. The number of nitrogens with zero attached hydrogens (tertiary/aromatic N) is 2. The van der Waals surface area contributed by atoms with E-state index in [-0.39, 0.29) is 23.4 Å². The summed E-state index contributed by atoms with van der Waals surface area (Å²) in [4.78, 5) is 14.5. The summed E-state index contributed by atoms with van der Waals surface area (Å²) in [5.41, 5.74) is 0.803. The van der Waals surface area contributed by atoms with E-state index in [9.17, 15) is 4.79 Å². The van der Waals surface area contributed by atoms with Crippen molar-refractivity contribution in [2.24, 2.45) is 5.41 Å². The molecule has 1 unspecified atom stereocenters. The van der Waals surface area contributed by atoms with E-state index in [0.29, 0.717) is 0 Å². The molecule has 1 atom stereocenters. The number of aromatic nitrogens is 1. The fraction of sp³-hybridized carbons (Fsp3) is 0.667. The molecule has 1 amide bonds. The molecule has 1 heterocycles. The van der Waals surface area contributed by atoms with Crippen LogP contribution < -0.4 is 0 Å². The zero-order chi connectivity index (χ0) is 15.0. The van der Waals surface area contributed by atoms with E-state index in [1.54, 1.807) is 0 Å². The minimum absolute atomic E-state index is 0.0664. The first kappa shape index (κ1) is 16.3. The van der Waals surface area contributed by atoms with Crippen LogP contribution in [0.5, 0.6) is 0 Å². The molecule has 0 aliphatic heterocycles. The Morgan fingerprint density at radius 2 is 1.84 bits per heavy atom. The van der Waals surface area contributed by atoms with Gasteiger partial charge in [0, 0.05) is 29.8 Å². The lowest BCUT2D eigenvalue weighted by molar-refractivity contribution is 0.0617. The highest BCUT2D eigenvalue weighted by Crippen LogP contribution is 2.26. The molecule has 0 aliphatic carbocycles. The van der Waals surface area contributed by atoms with Gasteiger partial charge in [0.1, 0.15) is 5.69 Å². The quantitative estimate of drug-likeness (QED) is 0.810. The first-order valence-electron chi connectivity index (χ1n) is 6.70. The Hall–Kier alpha value is -0.770. The van der Waals surface area contributed by atoms with E-state index in [1.165, 1.54) is 0 Å². The van der Waals surface area contributed by atoms with Gasteiger partial charge >= 0.3 is 0 Å². The smallest absolute Gasteiger partial charge is 0.270 e. The molecule has 0 N–H and O–H groups in total. The summed E-state index contributed by atoms with van der Waals surface area (Å²) < 4.78 is 2.96. The fourth-order valence-electron chi connectivity index (χ4n) is 1.98. The summed E-state index contributed by atoms with van der Waals surface area (Å²) >= 11 is 3.45. The second-order valence-corrected chi connectivity index (χ2v) is 7.42. The van der Waals surface area contributed by atoms with Crippen molar-refractivity contribution in [1.29, 1.82) is 0 Å². The number of rotatable bonds is 3. The summed E-state index contributed by atoms with van der Waals surface area (Å²) in [6.07, 6.45) is 1.97. The molecule has 0 fully saturated rings. The van der Waals surface area contributed by atoms with Crippen molar-refractivity contribution >= 4 is 21.8 Å². The predicted octanol–water partition coefficient (Wildman–Crippen LogP) is 4.34. The highest BCUT2D eigenvalue weighted by atomic mass is 79.9. The van der Waals surface area contributed by atoms with Crippen LogP contribution in [0.4, 0.5) is 0 Å². The molecule has 108 valence electrons. The van der Waals surface area contributed by atoms with Crippen molar-refractivity contribution in [1.82, 2.24) is 9.47 Å². The van der Waals surface area contributed by atoms with E-state index in [1.807, 2.05) is 28.8 Å². The Morgan fingerprint density at radius 3 is 2.26 bits per heavy atom. The summed E-state index contributed by atoms with van der Waals surface area (Å²) in [5.74, 6) is 0.0711. The molecule has 0 spiro atoms. The molecular weight excluding hydrogens is 304 g/mol. The molecule has 0 aromatic carbocycles. The maximum Gasteiger partial charge on any atom is 0.270 e. The largest absolute Gasteiger partial charge is 0.340 e. The second-order valence-electron chi connectivity index (χ2n) is 6.50. The molecule has 1 aromatic rings. The molecule has 0 saturated heterocycles. The lowest BCUT2D eigenvalue weighted by Gasteiger charge is -2.35. The van der Waals surface area contributed by atoms with Gasteiger partial charge in [-0.2, -0.15) is 0 Å². The van der Waals surface area contributed by atoms with Crippen LogP contribution in [0.25, 0.3) is 0 Å². The van der Waals surface area contributed by atoms with Crippen LogP contribution in [0.2, 0.25) is 0 Å². The van der Waals surface area contributed by atoms with Gasteiger partial charge in [-0.1, -0.05) is 20.8 Å². The Balaban J connectivity index is 3.07. The van der Waals surface area contributed by atoms with E-state index in [0.717, 1.165) is 10.2 Å². The van der Waals surface area contributed by atoms with Crippen molar-refractivity contribution in [3.05, 3.63) is 22.4 Å². The summed E-state index contributed by atoms with van der Waals surface area (Å²) in [6, 6.07) is 2.34. The average molecular weight is 329 g/mol. The zero-order valence-corrected chi connectivity index (χ0v) is 14.6. The first-order valence-corrected chi connectivity index (χ1v) is 7.49. The van der Waals surface area contributed by atoms with Crippen molar-refractivity contribution in [3.63, 3.8) is 0 Å². The van der Waals surface area contributed by atoms with Crippen LogP contribution in [0.15, 0.2) is 16.7 Å². The topological polar surface area (TPSA) is 25.2 Å². The highest BCUT2D eigenvalue weighted by molar-refractivity contribution is 9.10. The number of carbonyl (C=O) groups is 1. The standard InChI is InChI=1S/C15H25BrN2O/c1-10(2)18-9-12(16)8-13(18)14(19)17(7)11(3)15(4,5)6/h8-11H,1-7H3. The van der Waals surface area contributed by atoms with E-state index >= 15 is 0 Å². The number of carbonyl (C=O) groups excluding carboxylic acids is 1. The van der Waals surface area contributed by atoms with Crippen LogP contribution in [0.1, 0.15) is 58.1 Å². The van der Waals surface area contributed by atoms with E-state index in [2.05, 4.69) is 57.5 Å². The SMILES string of the molecule is CC(C)n1cc(Br)cc1C(=O)N(C)C(C)C(C)(C)C. The minimum Gasteiger partial charge on any atom is -0.340 e. The van der Waals surface area contributed by atoms with Crippen LogP contribution in [-0.4, -0.2) is 28.5 Å². The maximum absolute atomic E-state index is 12.7. The number of hydrogen-bond donors (Lipinski definition) is 0. The van der Waals surface area contributed by atoms with Gasteiger partial charge in [-0.3, -0.25) is 4.79 Å². The molecule has 4 heteroatoms. The molecular formula is C15H25BrN2O. The van der Waals surface area contributed by atoms with Gasteiger partial charge in [0.15, 0.2) is 0 Å². The zero-order valence-electron chi connectivity index (χ0n) is 13.0. The average Bonchev–Trinajstić information content (AvgIpc) is 2.67. The third-order valence-electron chi connectivity index (χ3n) is 3.75. The Morgan fingerprint density at radius 1 is 1.32 bits per heavy atom. The first-order chi connectivity index (χ1) is 8.55. The molecule has 1 rings (SSSR count). The number of hydrogen-bond acceptors (Lipinski definition) is 1. The summed E-state index contributed by atoms with van der Waals surface area (Å²) in [5, 5.41) is 0. The van der Waals surface area contributed by atoms with Gasteiger partial charge in [-0.25, -0.2) is 0 Å². The van der Waals surface area contributed by atoms with Crippen molar-refractivity contribution in [2.45, 2.75) is 53.6 Å². The van der Waals surface area contributed by atoms with Gasteiger partial charge < -0.3 is 9.47 Å². The highest BCUT2D eigenvalue weighted by Gasteiger charge is 2.29. The molecule has 3 nitrogen and oxygen atoms in total. The van der Waals surface area contributed by atoms with Crippen molar-refractivity contribution < 1.29 is 4.79 Å². The maximum atomic E-state index is 12.7. The molecule has 0 saturated carbocycles. The monoisotopic (exact) mass is 328 g/mol. The van der Waals surface area contributed by atoms with Gasteiger partial charge in [0.05, 0.1) is 0 Å². The van der Waals surface area contributed by atoms with Crippen LogP contribution in [0, 0.1) is 5.41 Å². The van der Waals surface area contributed by atoms with Crippen molar-refractivity contribution in [2.75, 3.05) is 7.05 Å². The Kier molecular flexibility index (Phi) is 4.88. The van der Waals surface area contributed by atoms with Gasteiger partial charge in [-0.05, 0) is 48.2 Å². The molecule has 1 aromatic heterocycles. The molecule has 0 radical (unpaired) electrons. The van der Waals surface area contributed by atoms with Crippen molar-refractivity contribution in [3.8, 4) is 0 Å². The third kappa shape index (κ3) is 3.62. The van der Waals surface area contributed by atoms with E-state index in [4.69, 9.17) is 0 Å². The second kappa shape index (κ2) is 5.70. The van der Waals surface area contributed by atoms with Crippen LogP contribution >= 0.6 is 15.9 Å². The van der Waals surface area contributed by atoms with Crippen LogP contribution in [-0.2, 0) is 0 Å². The van der Waals surface area contributed by atoms with Gasteiger partial charge in [0.25, 0.3) is 5.91 Å². The molecule has 0 aliphatic rings. The van der Waals surface area contributed by atoms with Crippen LogP contribution in [0.3, 0.4) is 0 Å². The lowest BCUT2D eigenvalue weighted by Crippen LogP contribution is -2.43. The van der Waals surface area contributed by atoms with E-state index < -0.39 is 0 Å². The molecule has 0 bridgehead atoms. The number of amides is 1. The minimum atomic E-state index is 0.0664. The molecule has 19 heavy (non-hydrogen) atoms. The Labute approximate surface area is 125 Å². The fourth-order valence-corrected chi connectivity index (χ4v) is 2.42. The lowest BCUT2D eigenvalue weighted by atomic mass is 9.87. The Bertz CT molecular complexity index is 457. The normalized spacial score (nSPS) is 13.7. The third-order valence-corrected chi connectivity index (χ3v) is 4.18. The van der Waals surface area contributed by atoms with Gasteiger partial charge in [-0.15, -0.1) is 0 Å². The van der Waals surface area contributed by atoms with Gasteiger partial charge in [0.2, 0.25) is 0 Å².